The molecule has 3 amide bonds. The number of nitrogens with zero attached hydrogens (tertiary/aromatic N) is 4. The summed E-state index contributed by atoms with van der Waals surface area (Å²) in [4.78, 5) is 53.7. The van der Waals surface area contributed by atoms with Crippen LogP contribution in [0.25, 0.3) is 0 Å². The highest BCUT2D eigenvalue weighted by Crippen LogP contribution is 2.28. The molecule has 0 radical (unpaired) electrons. The van der Waals surface area contributed by atoms with E-state index in [1.54, 1.807) is 67.0 Å². The highest BCUT2D eigenvalue weighted by Gasteiger charge is 2.36. The zero-order valence-corrected chi connectivity index (χ0v) is 21.6. The van der Waals surface area contributed by atoms with E-state index in [9.17, 15) is 14.4 Å². The number of halogens is 1. The van der Waals surface area contributed by atoms with E-state index < -0.39 is 6.04 Å². The number of fused-ring (bicyclic) bond motifs is 1. The number of hydrogen-bond acceptors (Lipinski definition) is 7. The van der Waals surface area contributed by atoms with E-state index in [-0.39, 0.29) is 30.7 Å². The van der Waals surface area contributed by atoms with Crippen molar-refractivity contribution in [3.8, 4) is 5.75 Å². The number of hydrogen-bond donors (Lipinski definition) is 2. The summed E-state index contributed by atoms with van der Waals surface area (Å²) in [5.41, 5.74) is 2.39. The standard InChI is InChI=1S/C28H23ClN6O4/c1-39-21-7-9-25(32-15-21)34-26(36)18-4-2-17(3-5-18)16-35-24(13-20-14-30-10-11-31-20)27(37)33-23-12-19(29)6-8-22(23)28(35)38/h2-12,14-15,24H,13,16H2,1H3,(H,33,37)(H,32,34,36). The van der Waals surface area contributed by atoms with Gasteiger partial charge < -0.3 is 20.3 Å². The average Bonchev–Trinajstić information content (AvgIpc) is 3.04. The van der Waals surface area contributed by atoms with E-state index in [4.69, 9.17) is 16.3 Å². The number of carbonyl (C=O) groups is 3. The van der Waals surface area contributed by atoms with Gasteiger partial charge in [0.05, 0.1) is 30.3 Å². The van der Waals surface area contributed by atoms with Crippen LogP contribution in [0.15, 0.2) is 79.4 Å². The predicted molar refractivity (Wildman–Crippen MR) is 145 cm³/mol. The molecular formula is C28H23ClN6O4. The van der Waals surface area contributed by atoms with Crippen molar-refractivity contribution in [2.45, 2.75) is 19.0 Å². The lowest BCUT2D eigenvalue weighted by molar-refractivity contribution is -0.120. The number of amides is 3. The van der Waals surface area contributed by atoms with E-state index in [1.807, 2.05) is 0 Å². The van der Waals surface area contributed by atoms with Crippen molar-refractivity contribution in [3.05, 3.63) is 107 Å². The highest BCUT2D eigenvalue weighted by molar-refractivity contribution is 6.31. The first kappa shape index (κ1) is 25.8. The summed E-state index contributed by atoms with van der Waals surface area (Å²) < 4.78 is 5.08. The molecule has 3 heterocycles. The Balaban J connectivity index is 1.39. The quantitative estimate of drug-likeness (QED) is 0.361. The minimum absolute atomic E-state index is 0.126. The van der Waals surface area contributed by atoms with Crippen LogP contribution < -0.4 is 15.4 Å². The third-order valence-corrected chi connectivity index (χ3v) is 6.45. The van der Waals surface area contributed by atoms with Crippen molar-refractivity contribution in [3.63, 3.8) is 0 Å². The molecule has 2 aromatic carbocycles. The second-order valence-corrected chi connectivity index (χ2v) is 9.20. The molecule has 0 bridgehead atoms. The molecule has 4 aromatic rings. The van der Waals surface area contributed by atoms with Gasteiger partial charge in [-0.15, -0.1) is 0 Å². The van der Waals surface area contributed by atoms with Gasteiger partial charge in [0, 0.05) is 42.1 Å². The van der Waals surface area contributed by atoms with Crippen LogP contribution in [-0.4, -0.2) is 50.7 Å². The Morgan fingerprint density at radius 2 is 1.87 bits per heavy atom. The zero-order valence-electron chi connectivity index (χ0n) is 20.8. The third kappa shape index (κ3) is 5.86. The summed E-state index contributed by atoms with van der Waals surface area (Å²) in [7, 11) is 1.54. The van der Waals surface area contributed by atoms with Crippen molar-refractivity contribution in [2.75, 3.05) is 17.7 Å². The Morgan fingerprint density at radius 1 is 1.05 bits per heavy atom. The highest BCUT2D eigenvalue weighted by atomic mass is 35.5. The van der Waals surface area contributed by atoms with Gasteiger partial charge in [-0.25, -0.2) is 4.98 Å². The predicted octanol–water partition coefficient (Wildman–Crippen LogP) is 3.99. The van der Waals surface area contributed by atoms with E-state index in [1.165, 1.54) is 24.4 Å². The molecule has 11 heteroatoms. The maximum Gasteiger partial charge on any atom is 0.256 e. The molecule has 39 heavy (non-hydrogen) atoms. The SMILES string of the molecule is COc1ccc(NC(=O)c2ccc(CN3C(=O)c4ccc(Cl)cc4NC(=O)C3Cc3cnccn3)cc2)nc1. The van der Waals surface area contributed by atoms with Crippen molar-refractivity contribution in [1.82, 2.24) is 19.9 Å². The summed E-state index contributed by atoms with van der Waals surface area (Å²) >= 11 is 6.13. The Morgan fingerprint density at radius 3 is 2.56 bits per heavy atom. The number of benzene rings is 2. The molecule has 1 unspecified atom stereocenters. The maximum absolute atomic E-state index is 13.7. The van der Waals surface area contributed by atoms with Crippen LogP contribution in [-0.2, 0) is 17.8 Å². The van der Waals surface area contributed by atoms with E-state index in [0.29, 0.717) is 39.1 Å². The molecule has 10 nitrogen and oxygen atoms in total. The van der Waals surface area contributed by atoms with Gasteiger partial charge in [-0.1, -0.05) is 23.7 Å². The molecule has 0 spiro atoms. The van der Waals surface area contributed by atoms with Gasteiger partial charge in [-0.05, 0) is 48.0 Å². The Kier molecular flexibility index (Phi) is 7.46. The van der Waals surface area contributed by atoms with Crippen molar-refractivity contribution >= 4 is 40.8 Å². The van der Waals surface area contributed by atoms with E-state index in [2.05, 4.69) is 25.6 Å². The molecule has 1 aliphatic heterocycles. The van der Waals surface area contributed by atoms with Gasteiger partial charge in [0.2, 0.25) is 5.91 Å². The molecule has 0 saturated carbocycles. The molecule has 0 fully saturated rings. The van der Waals surface area contributed by atoms with Crippen molar-refractivity contribution < 1.29 is 19.1 Å². The summed E-state index contributed by atoms with van der Waals surface area (Å²) in [6.45, 7) is 0.126. The normalized spacial score (nSPS) is 14.7. The van der Waals surface area contributed by atoms with E-state index in [0.717, 1.165) is 5.56 Å². The molecule has 0 saturated heterocycles. The number of pyridine rings is 1. The summed E-state index contributed by atoms with van der Waals surface area (Å²) in [5.74, 6) is -0.0656. The Hall–Kier alpha value is -4.83. The molecule has 196 valence electrons. The van der Waals surface area contributed by atoms with Gasteiger partial charge in [-0.2, -0.15) is 0 Å². The van der Waals surface area contributed by atoms with Gasteiger partial charge in [0.15, 0.2) is 0 Å². The number of aromatic nitrogens is 3. The smallest absolute Gasteiger partial charge is 0.256 e. The van der Waals surface area contributed by atoms with Gasteiger partial charge in [-0.3, -0.25) is 24.4 Å². The molecule has 2 N–H and O–H groups in total. The van der Waals surface area contributed by atoms with Crippen molar-refractivity contribution in [1.29, 1.82) is 0 Å². The van der Waals surface area contributed by atoms with Crippen LogP contribution in [0.1, 0.15) is 32.0 Å². The van der Waals surface area contributed by atoms with Crippen LogP contribution in [0.3, 0.4) is 0 Å². The Labute approximate surface area is 229 Å². The van der Waals surface area contributed by atoms with Crippen LogP contribution in [0.5, 0.6) is 5.75 Å². The number of carbonyl (C=O) groups excluding carboxylic acids is 3. The van der Waals surface area contributed by atoms with Crippen LogP contribution in [0.2, 0.25) is 5.02 Å². The lowest BCUT2D eigenvalue weighted by Crippen LogP contribution is -2.46. The van der Waals surface area contributed by atoms with Crippen LogP contribution in [0.4, 0.5) is 11.5 Å². The number of methoxy groups -OCH3 is 1. The monoisotopic (exact) mass is 542 g/mol. The summed E-state index contributed by atoms with van der Waals surface area (Å²) in [6.07, 6.45) is 6.32. The Bertz CT molecular complexity index is 1510. The fraction of sp³-hybridized carbons (Fsp3) is 0.143. The first-order valence-electron chi connectivity index (χ1n) is 12.0. The molecule has 5 rings (SSSR count). The van der Waals surface area contributed by atoms with E-state index >= 15 is 0 Å². The summed E-state index contributed by atoms with van der Waals surface area (Å²) in [6, 6.07) is 14.0. The number of nitrogens with one attached hydrogen (secondary N) is 2. The lowest BCUT2D eigenvalue weighted by Gasteiger charge is -2.28. The number of ether oxygens (including phenoxy) is 1. The second-order valence-electron chi connectivity index (χ2n) is 8.76. The minimum atomic E-state index is -0.857. The first-order chi connectivity index (χ1) is 18.9. The zero-order chi connectivity index (χ0) is 27.4. The molecule has 1 aliphatic rings. The molecular weight excluding hydrogens is 520 g/mol. The maximum atomic E-state index is 13.7. The fourth-order valence-electron chi connectivity index (χ4n) is 4.20. The topological polar surface area (TPSA) is 126 Å². The van der Waals surface area contributed by atoms with Gasteiger partial charge >= 0.3 is 0 Å². The lowest BCUT2D eigenvalue weighted by atomic mass is 10.1. The summed E-state index contributed by atoms with van der Waals surface area (Å²) in [5, 5.41) is 5.97. The van der Waals surface area contributed by atoms with Gasteiger partial charge in [0.1, 0.15) is 17.6 Å². The number of rotatable bonds is 7. The first-order valence-corrected chi connectivity index (χ1v) is 12.4. The molecule has 2 aromatic heterocycles. The second kappa shape index (κ2) is 11.3. The van der Waals surface area contributed by atoms with Crippen molar-refractivity contribution in [2.24, 2.45) is 0 Å². The minimum Gasteiger partial charge on any atom is -0.495 e. The average molecular weight is 543 g/mol. The fourth-order valence-corrected chi connectivity index (χ4v) is 4.37. The largest absolute Gasteiger partial charge is 0.495 e. The molecule has 0 aliphatic carbocycles. The van der Waals surface area contributed by atoms with Crippen LogP contribution >= 0.6 is 11.6 Å². The van der Waals surface area contributed by atoms with Gasteiger partial charge in [0.25, 0.3) is 11.8 Å². The third-order valence-electron chi connectivity index (χ3n) is 6.21. The van der Waals surface area contributed by atoms with Crippen LogP contribution in [0, 0.1) is 0 Å². The molecule has 1 atom stereocenters. The number of anilines is 2.